The van der Waals surface area contributed by atoms with Crippen LogP contribution in [0.4, 0.5) is 4.79 Å². The molecule has 1 aliphatic heterocycles. The Bertz CT molecular complexity index is 598. The molecule has 1 N–H and O–H groups in total. The van der Waals surface area contributed by atoms with Crippen LogP contribution in [0.1, 0.15) is 47.4 Å². The van der Waals surface area contributed by atoms with Crippen LogP contribution in [0.5, 0.6) is 0 Å². The summed E-state index contributed by atoms with van der Waals surface area (Å²) in [5, 5.41) is 6.64. The normalized spacial score (nSPS) is 16.5. The van der Waals surface area contributed by atoms with Crippen molar-refractivity contribution in [1.29, 1.82) is 0 Å². The van der Waals surface area contributed by atoms with Gasteiger partial charge in [-0.3, -0.25) is 4.57 Å². The molecule has 0 aliphatic carbocycles. The second-order valence-corrected chi connectivity index (χ2v) is 7.91. The molecule has 124 valence electrons. The minimum atomic E-state index is -0.475. The molecule has 0 saturated carbocycles. The maximum Gasteiger partial charge on any atom is 0.410 e. The van der Waals surface area contributed by atoms with Gasteiger partial charge in [-0.2, -0.15) is 5.10 Å². The molecule has 0 bridgehead atoms. The molecule has 1 aromatic heterocycles. The SMILES string of the molecule is CC(C)(C)OC(=O)N1CC(Cc2n[nH]c(=O)n2C(C)(C)C)C1. The highest BCUT2D eigenvalue weighted by molar-refractivity contribution is 5.69. The van der Waals surface area contributed by atoms with Crippen LogP contribution in [0.3, 0.4) is 0 Å². The molecule has 7 nitrogen and oxygen atoms in total. The average Bonchev–Trinajstić information content (AvgIpc) is 2.60. The Morgan fingerprint density at radius 2 is 1.86 bits per heavy atom. The smallest absolute Gasteiger partial charge is 0.410 e. The van der Waals surface area contributed by atoms with Crippen molar-refractivity contribution in [2.75, 3.05) is 13.1 Å². The van der Waals surface area contributed by atoms with Crippen LogP contribution in [-0.2, 0) is 16.7 Å². The minimum absolute atomic E-state index is 0.189. The number of carbonyl (C=O) groups excluding carboxylic acids is 1. The highest BCUT2D eigenvalue weighted by Crippen LogP contribution is 2.23. The lowest BCUT2D eigenvalue weighted by Gasteiger charge is -2.39. The predicted octanol–water partition coefficient (Wildman–Crippen LogP) is 1.74. The highest BCUT2D eigenvalue weighted by Gasteiger charge is 2.35. The van der Waals surface area contributed by atoms with E-state index in [1.807, 2.05) is 41.5 Å². The van der Waals surface area contributed by atoms with E-state index in [1.165, 1.54) is 0 Å². The van der Waals surface area contributed by atoms with Crippen LogP contribution in [-0.4, -0.2) is 44.4 Å². The van der Waals surface area contributed by atoms with E-state index < -0.39 is 5.60 Å². The van der Waals surface area contributed by atoms with Gasteiger partial charge in [-0.1, -0.05) is 0 Å². The standard InChI is InChI=1S/C15H26N4O3/c1-14(2,3)19-11(16-17-12(19)20)7-10-8-18(9-10)13(21)22-15(4,5)6/h10H,7-9H2,1-6H3,(H,17,20). The number of rotatable bonds is 2. The molecule has 0 unspecified atom stereocenters. The van der Waals surface area contributed by atoms with Gasteiger partial charge in [0, 0.05) is 31.0 Å². The molecule has 1 aliphatic rings. The lowest BCUT2D eigenvalue weighted by Crippen LogP contribution is -2.52. The van der Waals surface area contributed by atoms with E-state index in [0.29, 0.717) is 25.4 Å². The van der Waals surface area contributed by atoms with Crippen molar-refractivity contribution in [1.82, 2.24) is 19.7 Å². The van der Waals surface area contributed by atoms with Gasteiger partial charge in [0.15, 0.2) is 0 Å². The van der Waals surface area contributed by atoms with Gasteiger partial charge in [-0.15, -0.1) is 0 Å². The van der Waals surface area contributed by atoms with Crippen LogP contribution >= 0.6 is 0 Å². The highest BCUT2D eigenvalue weighted by atomic mass is 16.6. The van der Waals surface area contributed by atoms with Gasteiger partial charge in [0.2, 0.25) is 0 Å². The van der Waals surface area contributed by atoms with Gasteiger partial charge in [-0.05, 0) is 41.5 Å². The Morgan fingerprint density at radius 1 is 1.27 bits per heavy atom. The molecular formula is C15H26N4O3. The van der Waals surface area contributed by atoms with Crippen molar-refractivity contribution < 1.29 is 9.53 Å². The quantitative estimate of drug-likeness (QED) is 0.902. The van der Waals surface area contributed by atoms with E-state index in [4.69, 9.17) is 4.74 Å². The number of amides is 1. The monoisotopic (exact) mass is 310 g/mol. The van der Waals surface area contributed by atoms with Gasteiger partial charge in [0.05, 0.1) is 0 Å². The number of H-pyrrole nitrogens is 1. The fourth-order valence-electron chi connectivity index (χ4n) is 2.59. The molecule has 0 atom stereocenters. The topological polar surface area (TPSA) is 80.2 Å². The first-order valence-corrected chi connectivity index (χ1v) is 7.62. The number of hydrogen-bond acceptors (Lipinski definition) is 4. The number of hydrogen-bond donors (Lipinski definition) is 1. The summed E-state index contributed by atoms with van der Waals surface area (Å²) in [7, 11) is 0. The first-order chi connectivity index (χ1) is 9.97. The van der Waals surface area contributed by atoms with Crippen molar-refractivity contribution >= 4 is 6.09 Å². The third-order valence-corrected chi connectivity index (χ3v) is 3.49. The molecule has 1 fully saturated rings. The number of carbonyl (C=O) groups is 1. The van der Waals surface area contributed by atoms with E-state index in [9.17, 15) is 9.59 Å². The van der Waals surface area contributed by atoms with E-state index in [-0.39, 0.29) is 17.3 Å². The van der Waals surface area contributed by atoms with Gasteiger partial charge >= 0.3 is 11.8 Å². The molecule has 0 radical (unpaired) electrons. The molecule has 1 amide bonds. The van der Waals surface area contributed by atoms with E-state index in [1.54, 1.807) is 9.47 Å². The van der Waals surface area contributed by atoms with Crippen molar-refractivity contribution in [3.8, 4) is 0 Å². The predicted molar refractivity (Wildman–Crippen MR) is 82.8 cm³/mol. The van der Waals surface area contributed by atoms with Gasteiger partial charge in [0.25, 0.3) is 0 Å². The van der Waals surface area contributed by atoms with Gasteiger partial charge < -0.3 is 9.64 Å². The van der Waals surface area contributed by atoms with Crippen LogP contribution in [0.2, 0.25) is 0 Å². The Labute approximate surface area is 130 Å². The Kier molecular flexibility index (Phi) is 4.10. The number of nitrogens with zero attached hydrogens (tertiary/aromatic N) is 3. The lowest BCUT2D eigenvalue weighted by atomic mass is 9.96. The van der Waals surface area contributed by atoms with Crippen molar-refractivity contribution in [2.45, 2.75) is 59.1 Å². The number of aromatic nitrogens is 3. The third-order valence-electron chi connectivity index (χ3n) is 3.49. The Balaban J connectivity index is 1.94. The molecule has 2 heterocycles. The zero-order chi connectivity index (χ0) is 16.7. The van der Waals surface area contributed by atoms with E-state index in [0.717, 1.165) is 5.82 Å². The third kappa shape index (κ3) is 3.69. The molecular weight excluding hydrogens is 284 g/mol. The number of nitrogens with one attached hydrogen (secondary N) is 1. The van der Waals surface area contributed by atoms with Crippen molar-refractivity contribution in [3.05, 3.63) is 16.3 Å². The summed E-state index contributed by atoms with van der Waals surface area (Å²) < 4.78 is 7.02. The summed E-state index contributed by atoms with van der Waals surface area (Å²) in [4.78, 5) is 25.4. The summed E-state index contributed by atoms with van der Waals surface area (Å²) in [5.74, 6) is 1.05. The Hall–Kier alpha value is -1.79. The van der Waals surface area contributed by atoms with Crippen molar-refractivity contribution in [3.63, 3.8) is 0 Å². The largest absolute Gasteiger partial charge is 0.444 e. The zero-order valence-corrected chi connectivity index (χ0v) is 14.3. The molecule has 7 heteroatoms. The maximum atomic E-state index is 11.9. The molecule has 1 saturated heterocycles. The van der Waals surface area contributed by atoms with Crippen LogP contribution < -0.4 is 5.69 Å². The molecule has 2 rings (SSSR count). The van der Waals surface area contributed by atoms with Crippen LogP contribution in [0.15, 0.2) is 4.79 Å². The lowest BCUT2D eigenvalue weighted by molar-refractivity contribution is -0.00137. The summed E-state index contributed by atoms with van der Waals surface area (Å²) in [6, 6.07) is 0. The second kappa shape index (κ2) is 5.44. The fourth-order valence-corrected chi connectivity index (χ4v) is 2.59. The summed E-state index contributed by atoms with van der Waals surface area (Å²) >= 11 is 0. The van der Waals surface area contributed by atoms with Crippen LogP contribution in [0, 0.1) is 5.92 Å². The zero-order valence-electron chi connectivity index (χ0n) is 14.3. The summed E-state index contributed by atoms with van der Waals surface area (Å²) in [5.41, 5.74) is -0.976. The van der Waals surface area contributed by atoms with Gasteiger partial charge in [0.1, 0.15) is 11.4 Å². The molecule has 0 spiro atoms. The Morgan fingerprint density at radius 3 is 2.36 bits per heavy atom. The second-order valence-electron chi connectivity index (χ2n) is 7.91. The number of aromatic amines is 1. The van der Waals surface area contributed by atoms with Crippen LogP contribution in [0.25, 0.3) is 0 Å². The number of likely N-dealkylation sites (tertiary alicyclic amines) is 1. The molecule has 22 heavy (non-hydrogen) atoms. The average molecular weight is 310 g/mol. The van der Waals surface area contributed by atoms with Gasteiger partial charge in [-0.25, -0.2) is 14.7 Å². The van der Waals surface area contributed by atoms with Crippen molar-refractivity contribution in [2.24, 2.45) is 5.92 Å². The maximum absolute atomic E-state index is 11.9. The number of ether oxygens (including phenoxy) is 1. The van der Waals surface area contributed by atoms with E-state index >= 15 is 0 Å². The first-order valence-electron chi connectivity index (χ1n) is 7.62. The minimum Gasteiger partial charge on any atom is -0.444 e. The first kappa shape index (κ1) is 16.6. The van der Waals surface area contributed by atoms with E-state index in [2.05, 4.69) is 10.2 Å². The molecule has 0 aromatic carbocycles. The fraction of sp³-hybridized carbons (Fsp3) is 0.800. The summed E-state index contributed by atoms with van der Waals surface area (Å²) in [6.07, 6.45) is 0.397. The molecule has 1 aromatic rings. The summed E-state index contributed by atoms with van der Waals surface area (Å²) in [6.45, 7) is 12.8.